The summed E-state index contributed by atoms with van der Waals surface area (Å²) < 4.78 is 0. The van der Waals surface area contributed by atoms with E-state index in [0.717, 1.165) is 22.9 Å². The average Bonchev–Trinajstić information content (AvgIpc) is 2.50. The number of hydrogen-bond acceptors (Lipinski definition) is 3. The molecule has 0 N–H and O–H groups in total. The maximum Gasteiger partial charge on any atom is 0.289 e. The number of rotatable bonds is 2. The smallest absolute Gasteiger partial charge is 0.273 e. The van der Waals surface area contributed by atoms with E-state index in [0.29, 0.717) is 6.54 Å². The lowest BCUT2D eigenvalue weighted by Crippen LogP contribution is -2.27. The first-order valence-electron chi connectivity index (χ1n) is 4.69. The maximum absolute atomic E-state index is 11.4. The molecule has 0 atom stereocenters. The van der Waals surface area contributed by atoms with Crippen LogP contribution < -0.4 is 0 Å². The highest BCUT2D eigenvalue weighted by atomic mass is 32.2. The number of benzene rings is 1. The van der Waals surface area contributed by atoms with Crippen molar-refractivity contribution < 1.29 is 9.59 Å². The molecule has 1 aromatic carbocycles. The minimum atomic E-state index is -0.137. The first kappa shape index (κ1) is 10.2. The molecule has 0 saturated carbocycles. The van der Waals surface area contributed by atoms with Gasteiger partial charge in [-0.15, -0.1) is 0 Å². The van der Waals surface area contributed by atoms with Crippen molar-refractivity contribution in [3.8, 4) is 0 Å². The molecular weight excluding hydrogens is 210 g/mol. The number of thioether (sulfide) groups is 1. The molecule has 1 aliphatic rings. The Morgan fingerprint density at radius 3 is 2.80 bits per heavy atom. The van der Waals surface area contributed by atoms with Crippen molar-refractivity contribution in [1.29, 1.82) is 0 Å². The Morgan fingerprint density at radius 1 is 1.40 bits per heavy atom. The van der Waals surface area contributed by atoms with Crippen molar-refractivity contribution >= 4 is 22.9 Å². The van der Waals surface area contributed by atoms with Crippen LogP contribution in [0.1, 0.15) is 11.1 Å². The van der Waals surface area contributed by atoms with Gasteiger partial charge in [0.15, 0.2) is 0 Å². The van der Waals surface area contributed by atoms with Crippen LogP contribution in [-0.4, -0.2) is 21.8 Å². The SMILES string of the molecule is Cc1cccc(CN2C(=O)CSC2=O)c1. The lowest BCUT2D eigenvalue weighted by atomic mass is 10.1. The molecule has 1 aromatic rings. The Labute approximate surface area is 92.5 Å². The normalized spacial score (nSPS) is 16.2. The zero-order chi connectivity index (χ0) is 10.8. The largest absolute Gasteiger partial charge is 0.289 e. The van der Waals surface area contributed by atoms with Crippen LogP contribution >= 0.6 is 11.8 Å². The van der Waals surface area contributed by atoms with E-state index < -0.39 is 0 Å². The first-order chi connectivity index (χ1) is 7.16. The third-order valence-electron chi connectivity index (χ3n) is 2.26. The fraction of sp³-hybridized carbons (Fsp3) is 0.273. The van der Waals surface area contributed by atoms with Crippen LogP contribution in [0.5, 0.6) is 0 Å². The number of amides is 2. The Morgan fingerprint density at radius 2 is 2.20 bits per heavy atom. The van der Waals surface area contributed by atoms with E-state index in [4.69, 9.17) is 0 Å². The quantitative estimate of drug-likeness (QED) is 0.768. The molecule has 0 bridgehead atoms. The predicted molar refractivity (Wildman–Crippen MR) is 59.6 cm³/mol. The van der Waals surface area contributed by atoms with Crippen LogP contribution in [-0.2, 0) is 11.3 Å². The van der Waals surface area contributed by atoms with Gasteiger partial charge in [0, 0.05) is 0 Å². The number of imide groups is 1. The number of aryl methyl sites for hydroxylation is 1. The molecule has 2 amide bonds. The van der Waals surface area contributed by atoms with Gasteiger partial charge in [-0.25, -0.2) is 0 Å². The minimum absolute atomic E-state index is 0.0912. The molecule has 78 valence electrons. The lowest BCUT2D eigenvalue weighted by molar-refractivity contribution is -0.125. The summed E-state index contributed by atoms with van der Waals surface area (Å²) in [5, 5.41) is -0.137. The van der Waals surface area contributed by atoms with Crippen LogP contribution in [0.15, 0.2) is 24.3 Å². The second-order valence-electron chi connectivity index (χ2n) is 3.52. The minimum Gasteiger partial charge on any atom is -0.273 e. The van der Waals surface area contributed by atoms with Gasteiger partial charge in [-0.05, 0) is 12.5 Å². The van der Waals surface area contributed by atoms with Crippen LogP contribution in [0.2, 0.25) is 0 Å². The number of nitrogens with zero attached hydrogens (tertiary/aromatic N) is 1. The summed E-state index contributed by atoms with van der Waals surface area (Å²) >= 11 is 1.07. The van der Waals surface area contributed by atoms with Crippen molar-refractivity contribution in [2.45, 2.75) is 13.5 Å². The predicted octanol–water partition coefficient (Wildman–Crippen LogP) is 2.19. The monoisotopic (exact) mass is 221 g/mol. The maximum atomic E-state index is 11.4. The van der Waals surface area contributed by atoms with Gasteiger partial charge in [-0.3, -0.25) is 14.5 Å². The second kappa shape index (κ2) is 4.06. The Hall–Kier alpha value is -1.29. The van der Waals surface area contributed by atoms with E-state index in [1.54, 1.807) is 0 Å². The Kier molecular flexibility index (Phi) is 2.77. The van der Waals surface area contributed by atoms with Crippen molar-refractivity contribution in [3.63, 3.8) is 0 Å². The molecule has 1 aliphatic heterocycles. The fourth-order valence-electron chi connectivity index (χ4n) is 1.53. The van der Waals surface area contributed by atoms with Crippen LogP contribution in [0.3, 0.4) is 0 Å². The molecule has 0 aromatic heterocycles. The van der Waals surface area contributed by atoms with Crippen molar-refractivity contribution in [2.75, 3.05) is 5.75 Å². The van der Waals surface area contributed by atoms with Gasteiger partial charge < -0.3 is 0 Å². The van der Waals surface area contributed by atoms with E-state index in [9.17, 15) is 9.59 Å². The van der Waals surface area contributed by atoms with Gasteiger partial charge in [0.2, 0.25) is 5.91 Å². The fourth-order valence-corrected chi connectivity index (χ4v) is 2.25. The molecule has 4 heteroatoms. The summed E-state index contributed by atoms with van der Waals surface area (Å²) in [7, 11) is 0. The van der Waals surface area contributed by atoms with Gasteiger partial charge in [0.1, 0.15) is 0 Å². The van der Waals surface area contributed by atoms with Gasteiger partial charge >= 0.3 is 0 Å². The Balaban J connectivity index is 2.15. The van der Waals surface area contributed by atoms with E-state index in [1.807, 2.05) is 31.2 Å². The van der Waals surface area contributed by atoms with E-state index >= 15 is 0 Å². The lowest BCUT2D eigenvalue weighted by Gasteiger charge is -2.12. The van der Waals surface area contributed by atoms with Gasteiger partial charge in [-0.1, -0.05) is 41.6 Å². The van der Waals surface area contributed by atoms with Crippen molar-refractivity contribution in [1.82, 2.24) is 4.90 Å². The van der Waals surface area contributed by atoms with Crippen molar-refractivity contribution in [3.05, 3.63) is 35.4 Å². The molecule has 0 spiro atoms. The number of carbonyl (C=O) groups excluding carboxylic acids is 2. The van der Waals surface area contributed by atoms with Crippen LogP contribution in [0.4, 0.5) is 4.79 Å². The molecule has 15 heavy (non-hydrogen) atoms. The highest BCUT2D eigenvalue weighted by Crippen LogP contribution is 2.21. The number of carbonyl (C=O) groups is 2. The molecule has 1 fully saturated rings. The van der Waals surface area contributed by atoms with Gasteiger partial charge in [0.25, 0.3) is 5.24 Å². The summed E-state index contributed by atoms with van der Waals surface area (Å²) in [6.45, 7) is 2.39. The third kappa shape index (κ3) is 2.21. The standard InChI is InChI=1S/C11H11NO2S/c1-8-3-2-4-9(5-8)6-12-10(13)7-15-11(12)14/h2-5H,6-7H2,1H3. The third-order valence-corrected chi connectivity index (χ3v) is 3.12. The van der Waals surface area contributed by atoms with E-state index in [2.05, 4.69) is 0 Å². The van der Waals surface area contributed by atoms with Crippen LogP contribution in [0.25, 0.3) is 0 Å². The highest BCUT2D eigenvalue weighted by molar-refractivity contribution is 8.14. The second-order valence-corrected chi connectivity index (χ2v) is 4.45. The Bertz CT molecular complexity index is 401. The average molecular weight is 221 g/mol. The zero-order valence-corrected chi connectivity index (χ0v) is 9.21. The summed E-state index contributed by atoms with van der Waals surface area (Å²) in [6.07, 6.45) is 0. The molecular formula is C11H11NO2S. The van der Waals surface area contributed by atoms with E-state index in [-0.39, 0.29) is 16.9 Å². The van der Waals surface area contributed by atoms with E-state index in [1.165, 1.54) is 4.90 Å². The summed E-state index contributed by atoms with van der Waals surface area (Å²) in [5.74, 6) is 0.191. The highest BCUT2D eigenvalue weighted by Gasteiger charge is 2.29. The van der Waals surface area contributed by atoms with Gasteiger partial charge in [-0.2, -0.15) is 0 Å². The van der Waals surface area contributed by atoms with Crippen molar-refractivity contribution in [2.24, 2.45) is 0 Å². The summed E-state index contributed by atoms with van der Waals surface area (Å²) in [6, 6.07) is 7.84. The molecule has 2 rings (SSSR count). The summed E-state index contributed by atoms with van der Waals surface area (Å²) in [4.78, 5) is 24.0. The molecule has 1 heterocycles. The molecule has 0 aliphatic carbocycles. The van der Waals surface area contributed by atoms with Crippen LogP contribution in [0, 0.1) is 6.92 Å². The molecule has 0 radical (unpaired) electrons. The molecule has 3 nitrogen and oxygen atoms in total. The number of hydrogen-bond donors (Lipinski definition) is 0. The topological polar surface area (TPSA) is 37.4 Å². The summed E-state index contributed by atoms with van der Waals surface area (Å²) in [5.41, 5.74) is 2.14. The first-order valence-corrected chi connectivity index (χ1v) is 5.68. The molecule has 0 unspecified atom stereocenters. The zero-order valence-electron chi connectivity index (χ0n) is 8.40. The van der Waals surface area contributed by atoms with Gasteiger partial charge in [0.05, 0.1) is 12.3 Å². The molecule has 1 saturated heterocycles.